The number of ether oxygens (including phenoxy) is 5. The fourth-order valence-corrected chi connectivity index (χ4v) is 10.7. The van der Waals surface area contributed by atoms with Crippen molar-refractivity contribution in [3.8, 4) is 0 Å². The molecule has 3 aliphatic heterocycles. The van der Waals surface area contributed by atoms with E-state index in [9.17, 15) is 34.2 Å². The molecule has 4 unspecified atom stereocenters. The summed E-state index contributed by atoms with van der Waals surface area (Å²) in [6, 6.07) is -1.19. The average Bonchev–Trinajstić information content (AvgIpc) is 3.88. The first-order chi connectivity index (χ1) is 32.8. The lowest BCUT2D eigenvalue weighted by molar-refractivity contribution is -0.265. The molecule has 1 aromatic heterocycles. The zero-order chi connectivity index (χ0) is 50.6. The number of nitrogens with zero attached hydrogens (tertiary/aromatic N) is 5. The third kappa shape index (κ3) is 14.2. The zero-order valence-electron chi connectivity index (χ0n) is 42.5. The predicted octanol–water partition coefficient (Wildman–Crippen LogP) is 6.05. The number of carbonyl (C=O) groups is 5. The number of aliphatic hydroxyl groups is 2. The van der Waals surface area contributed by atoms with Gasteiger partial charge in [-0.1, -0.05) is 71.1 Å². The van der Waals surface area contributed by atoms with Crippen molar-refractivity contribution >= 4 is 29.2 Å². The molecule has 2 bridgehead atoms. The Bertz CT molecular complexity index is 2020. The maximum atomic E-state index is 14.5. The Morgan fingerprint density at radius 2 is 1.64 bits per heavy atom. The Hall–Kier alpha value is -4.26. The number of amides is 1. The largest absolute Gasteiger partial charge is 0.460 e. The van der Waals surface area contributed by atoms with E-state index < -0.39 is 77.8 Å². The molecule has 2 saturated heterocycles. The molecule has 4 aliphatic rings. The second kappa shape index (κ2) is 25.7. The number of Topliss-reactive ketones (excluding diaryl/α,β-unsaturated/α-hetero) is 3. The quantitative estimate of drug-likeness (QED) is 0.181. The first kappa shape index (κ1) is 55.7. The van der Waals surface area contributed by atoms with E-state index in [2.05, 4.69) is 15.5 Å². The molecule has 1 aliphatic carbocycles. The van der Waals surface area contributed by atoms with Gasteiger partial charge in [-0.2, -0.15) is 0 Å². The summed E-state index contributed by atoms with van der Waals surface area (Å²) in [5.41, 5.74) is 1.27. The lowest BCUT2D eigenvalue weighted by Crippen LogP contribution is -2.61. The molecule has 0 radical (unpaired) electrons. The summed E-state index contributed by atoms with van der Waals surface area (Å²) >= 11 is 0. The number of carbonyl (C=O) groups excluding carboxylic acids is 5. The molecule has 17 heteroatoms. The fraction of sp³-hybridized carbons (Fsp3) is 0.731. The third-order valence-electron chi connectivity index (χ3n) is 15.2. The van der Waals surface area contributed by atoms with Crippen molar-refractivity contribution in [2.24, 2.45) is 35.5 Å². The molecule has 15 atom stereocenters. The van der Waals surface area contributed by atoms with Crippen molar-refractivity contribution < 1.29 is 57.9 Å². The smallest absolute Gasteiger partial charge is 0.329 e. The van der Waals surface area contributed by atoms with Gasteiger partial charge in [0.2, 0.25) is 5.79 Å². The van der Waals surface area contributed by atoms with E-state index in [1.54, 1.807) is 52.1 Å². The highest BCUT2D eigenvalue weighted by Crippen LogP contribution is 2.39. The number of fused-ring (bicyclic) bond motifs is 3. The Morgan fingerprint density at radius 3 is 2.32 bits per heavy atom. The normalized spacial score (nSPS) is 38.8. The zero-order valence-corrected chi connectivity index (χ0v) is 42.5. The first-order valence-electron chi connectivity index (χ1n) is 25.0. The second-order valence-electron chi connectivity index (χ2n) is 20.4. The number of allylic oxidation sites excluding steroid dienone is 6. The number of aromatic nitrogens is 4. The van der Waals surface area contributed by atoms with Crippen LogP contribution >= 0.6 is 0 Å². The molecular formula is C52H79N5O12. The summed E-state index contributed by atoms with van der Waals surface area (Å²) < 4.78 is 31.6. The number of ketones is 3. The van der Waals surface area contributed by atoms with E-state index in [4.69, 9.17) is 23.7 Å². The topological polar surface area (TPSA) is 219 Å². The van der Waals surface area contributed by atoms with Crippen molar-refractivity contribution in [3.63, 3.8) is 0 Å². The number of hydrogen-bond acceptors (Lipinski definition) is 15. The van der Waals surface area contributed by atoms with Crippen LogP contribution in [-0.2, 0) is 47.7 Å². The first-order valence-corrected chi connectivity index (χ1v) is 25.0. The van der Waals surface area contributed by atoms with Crippen LogP contribution in [0.3, 0.4) is 0 Å². The standard InChI is InChI=1S/C52H79N5O12/c1-31-16-12-11-13-17-32(2)43(65-8)28-39-21-19-37(7)52(64,69-39)49(61)50(62)56-23-15-14-18-41(56)51(63)68-44(34(4)26-38-20-22-40(45(27-38)66-9)57-30-53-54-55-57)29-42(58)33(3)25-36(6)47(60)48(67-10)46(59)35(5)24-31/h11-13,16-17,25,30-31,33-35,37-41,43-45,47-48,60,64H,14-15,18-24,26-29H2,1-10H3/b13-11+,16-12+,32-17+,36-25+/t31-,33-,34-,35?,37-,38+,39+,40?,41?,43+,44+,45-,47-,48?,52-/m1/s1. The van der Waals surface area contributed by atoms with Crippen molar-refractivity contribution in [2.45, 2.75) is 180 Å². The number of piperidine rings is 1. The molecule has 5 rings (SSSR count). The Morgan fingerprint density at radius 1 is 0.884 bits per heavy atom. The second-order valence-corrected chi connectivity index (χ2v) is 20.4. The van der Waals surface area contributed by atoms with Crippen LogP contribution in [-0.4, -0.2) is 141 Å². The monoisotopic (exact) mass is 966 g/mol. The van der Waals surface area contributed by atoms with E-state index >= 15 is 0 Å². The molecule has 1 amide bonds. The predicted molar refractivity (Wildman–Crippen MR) is 256 cm³/mol. The van der Waals surface area contributed by atoms with Gasteiger partial charge in [0.25, 0.3) is 11.7 Å². The lowest BCUT2D eigenvalue weighted by Gasteiger charge is -2.42. The van der Waals surface area contributed by atoms with Crippen LogP contribution < -0.4 is 0 Å². The molecule has 1 aromatic rings. The molecule has 384 valence electrons. The molecular weight excluding hydrogens is 887 g/mol. The minimum absolute atomic E-state index is 0.0170. The summed E-state index contributed by atoms with van der Waals surface area (Å²) in [5.74, 6) is -7.92. The highest BCUT2D eigenvalue weighted by Gasteiger charge is 2.53. The van der Waals surface area contributed by atoms with E-state index in [0.717, 1.165) is 18.4 Å². The summed E-state index contributed by atoms with van der Waals surface area (Å²) in [7, 11) is 4.62. The van der Waals surface area contributed by atoms with Crippen LogP contribution in [0.4, 0.5) is 0 Å². The van der Waals surface area contributed by atoms with Crippen LogP contribution in [0.2, 0.25) is 0 Å². The van der Waals surface area contributed by atoms with E-state index in [0.29, 0.717) is 56.9 Å². The molecule has 17 nitrogen and oxygen atoms in total. The summed E-state index contributed by atoms with van der Waals surface area (Å²) in [4.78, 5) is 72.3. The SMILES string of the molecule is COC1C(=O)C(C)C[C@H](C)/C=C/C=C/C=C(\C)[C@@H](OC)C[C@@H]2CC[C@@H](C)[C@@](O)(O2)C(=O)C(=O)N2CCCCC2C(=O)O[C@H]([C@H](C)C[C@@H]2CCC(n3cnnn3)[C@H](OC)C2)CC(=O)[C@H](C)/C=C(\C)[C@H]1O. The van der Waals surface area contributed by atoms with Crippen molar-refractivity contribution in [1.82, 2.24) is 25.1 Å². The fourth-order valence-electron chi connectivity index (χ4n) is 10.7. The Labute approximate surface area is 408 Å². The number of tetrazole rings is 1. The van der Waals surface area contributed by atoms with E-state index in [-0.39, 0.29) is 60.9 Å². The maximum absolute atomic E-state index is 14.5. The van der Waals surface area contributed by atoms with Gasteiger partial charge >= 0.3 is 5.97 Å². The summed E-state index contributed by atoms with van der Waals surface area (Å²) in [5, 5.41) is 35.2. The van der Waals surface area contributed by atoms with Crippen LogP contribution in [0.1, 0.15) is 132 Å². The Balaban J connectivity index is 1.46. The van der Waals surface area contributed by atoms with Gasteiger partial charge in [-0.15, -0.1) is 5.10 Å². The van der Waals surface area contributed by atoms with Gasteiger partial charge < -0.3 is 38.8 Å². The van der Waals surface area contributed by atoms with Crippen LogP contribution in [0.25, 0.3) is 0 Å². The molecule has 69 heavy (non-hydrogen) atoms. The average molecular weight is 966 g/mol. The number of hydrogen-bond donors (Lipinski definition) is 2. The van der Waals surface area contributed by atoms with Gasteiger partial charge in [0.1, 0.15) is 36.5 Å². The van der Waals surface area contributed by atoms with Crippen molar-refractivity contribution in [3.05, 3.63) is 53.9 Å². The minimum Gasteiger partial charge on any atom is -0.460 e. The van der Waals surface area contributed by atoms with Crippen LogP contribution in [0, 0.1) is 35.5 Å². The van der Waals surface area contributed by atoms with Gasteiger partial charge in [-0.3, -0.25) is 19.2 Å². The van der Waals surface area contributed by atoms with Gasteiger partial charge in [-0.05, 0) is 117 Å². The lowest BCUT2D eigenvalue weighted by atomic mass is 9.77. The number of rotatable bonds is 7. The van der Waals surface area contributed by atoms with Crippen LogP contribution in [0.15, 0.2) is 53.9 Å². The van der Waals surface area contributed by atoms with E-state index in [1.807, 2.05) is 58.1 Å². The van der Waals surface area contributed by atoms with Gasteiger partial charge in [0.05, 0.1) is 24.4 Å². The van der Waals surface area contributed by atoms with Crippen molar-refractivity contribution in [2.75, 3.05) is 27.9 Å². The molecule has 0 spiro atoms. The van der Waals surface area contributed by atoms with Crippen LogP contribution in [0.5, 0.6) is 0 Å². The molecule has 1 saturated carbocycles. The number of methoxy groups -OCH3 is 3. The highest BCUT2D eigenvalue weighted by molar-refractivity contribution is 6.39. The number of aliphatic hydroxyl groups excluding tert-OH is 1. The maximum Gasteiger partial charge on any atom is 0.329 e. The molecule has 2 N–H and O–H groups in total. The molecule has 4 heterocycles. The Kier molecular flexibility index (Phi) is 20.8. The molecule has 0 aromatic carbocycles. The highest BCUT2D eigenvalue weighted by atomic mass is 16.6. The minimum atomic E-state index is -2.43. The van der Waals surface area contributed by atoms with E-state index in [1.165, 1.54) is 12.0 Å². The van der Waals surface area contributed by atoms with Gasteiger partial charge in [-0.25, -0.2) is 9.48 Å². The van der Waals surface area contributed by atoms with Gasteiger partial charge in [0.15, 0.2) is 5.78 Å². The third-order valence-corrected chi connectivity index (χ3v) is 15.2. The number of cyclic esters (lactones) is 1. The van der Waals surface area contributed by atoms with Crippen molar-refractivity contribution in [1.29, 1.82) is 0 Å². The van der Waals surface area contributed by atoms with Gasteiger partial charge in [0, 0.05) is 58.5 Å². The summed E-state index contributed by atoms with van der Waals surface area (Å²) in [6.07, 6.45) is 13.9. The summed E-state index contributed by atoms with van der Waals surface area (Å²) in [6.45, 7) is 12.8. The molecule has 3 fully saturated rings. The number of esters is 1.